The van der Waals surface area contributed by atoms with Crippen LogP contribution in [-0.4, -0.2) is 38.2 Å². The molecule has 1 aromatic carbocycles. The van der Waals surface area contributed by atoms with Crippen LogP contribution in [0.1, 0.15) is 58.4 Å². The molecule has 2 heterocycles. The van der Waals surface area contributed by atoms with Crippen molar-refractivity contribution >= 4 is 26.7 Å². The summed E-state index contributed by atoms with van der Waals surface area (Å²) < 4.78 is 33.0. The maximum atomic E-state index is 12.3. The summed E-state index contributed by atoms with van der Waals surface area (Å²) in [4.78, 5) is 2.56. The number of likely N-dealkylation sites (tertiary alicyclic amines) is 1. The molecule has 150 valence electrons. The van der Waals surface area contributed by atoms with Crippen LogP contribution in [0.5, 0.6) is 0 Å². The van der Waals surface area contributed by atoms with Gasteiger partial charge in [0.25, 0.3) is 0 Å². The molecule has 5 nitrogen and oxygen atoms in total. The van der Waals surface area contributed by atoms with Crippen molar-refractivity contribution in [3.63, 3.8) is 0 Å². The Balaban J connectivity index is 1.78. The Morgan fingerprint density at radius 3 is 2.56 bits per heavy atom. The Labute approximate surface area is 163 Å². The van der Waals surface area contributed by atoms with Crippen LogP contribution in [0.3, 0.4) is 0 Å². The molecule has 1 N–H and O–H groups in total. The SMILES string of the molecule is CCC(C)N1CCC(c2coc3ccc(NS(=O)(=O)CC(C)C)cc23)CC1. The van der Waals surface area contributed by atoms with Gasteiger partial charge in [0.1, 0.15) is 5.58 Å². The molecule has 0 bridgehead atoms. The summed E-state index contributed by atoms with van der Waals surface area (Å²) in [6, 6.07) is 6.20. The molecule has 1 aliphatic heterocycles. The lowest BCUT2D eigenvalue weighted by Gasteiger charge is -2.35. The molecule has 0 radical (unpaired) electrons. The average molecular weight is 393 g/mol. The normalized spacial score (nSPS) is 18.3. The van der Waals surface area contributed by atoms with Gasteiger partial charge in [-0.15, -0.1) is 0 Å². The van der Waals surface area contributed by atoms with E-state index < -0.39 is 10.0 Å². The number of rotatable bonds is 7. The fourth-order valence-electron chi connectivity index (χ4n) is 4.00. The van der Waals surface area contributed by atoms with Crippen LogP contribution in [0, 0.1) is 5.92 Å². The van der Waals surface area contributed by atoms with E-state index in [2.05, 4.69) is 23.5 Å². The summed E-state index contributed by atoms with van der Waals surface area (Å²) >= 11 is 0. The van der Waals surface area contributed by atoms with E-state index in [0.717, 1.165) is 36.9 Å². The lowest BCUT2D eigenvalue weighted by molar-refractivity contribution is 0.158. The van der Waals surface area contributed by atoms with E-state index in [0.29, 0.717) is 17.6 Å². The molecule has 1 saturated heterocycles. The Bertz CT molecular complexity index is 865. The smallest absolute Gasteiger partial charge is 0.232 e. The standard InChI is InChI=1S/C21H32N2O3S/c1-5-16(4)23-10-8-17(9-11-23)20-13-26-21-7-6-18(12-19(20)21)22-27(24,25)14-15(2)3/h6-7,12-13,15-17,22H,5,8-11,14H2,1-4H3. The molecule has 1 aliphatic rings. The van der Waals surface area contributed by atoms with Crippen molar-refractivity contribution in [2.24, 2.45) is 5.92 Å². The van der Waals surface area contributed by atoms with E-state index >= 15 is 0 Å². The van der Waals surface area contributed by atoms with Gasteiger partial charge < -0.3 is 9.32 Å². The van der Waals surface area contributed by atoms with Crippen molar-refractivity contribution in [2.45, 2.75) is 58.9 Å². The zero-order chi connectivity index (χ0) is 19.6. The topological polar surface area (TPSA) is 62.6 Å². The number of fused-ring (bicyclic) bond motifs is 1. The number of piperidine rings is 1. The zero-order valence-corrected chi connectivity index (χ0v) is 17.7. The summed E-state index contributed by atoms with van der Waals surface area (Å²) in [5, 5.41) is 1.03. The van der Waals surface area contributed by atoms with E-state index in [9.17, 15) is 8.42 Å². The molecule has 0 saturated carbocycles. The molecule has 1 unspecified atom stereocenters. The predicted molar refractivity (Wildman–Crippen MR) is 112 cm³/mol. The van der Waals surface area contributed by atoms with Crippen molar-refractivity contribution in [1.82, 2.24) is 4.90 Å². The third-order valence-corrected chi connectivity index (χ3v) is 7.27. The molecule has 3 rings (SSSR count). The van der Waals surface area contributed by atoms with Crippen LogP contribution in [0.15, 0.2) is 28.9 Å². The lowest BCUT2D eigenvalue weighted by Crippen LogP contribution is -2.39. The second kappa shape index (κ2) is 8.23. The Morgan fingerprint density at radius 2 is 1.93 bits per heavy atom. The first-order valence-corrected chi connectivity index (χ1v) is 11.7. The Hall–Kier alpha value is -1.53. The van der Waals surface area contributed by atoms with E-state index in [1.807, 2.05) is 32.2 Å². The highest BCUT2D eigenvalue weighted by atomic mass is 32.2. The number of benzene rings is 1. The van der Waals surface area contributed by atoms with Crippen molar-refractivity contribution in [3.05, 3.63) is 30.0 Å². The van der Waals surface area contributed by atoms with Gasteiger partial charge >= 0.3 is 0 Å². The predicted octanol–water partition coefficient (Wildman–Crippen LogP) is 4.81. The van der Waals surface area contributed by atoms with Crippen LogP contribution in [0.4, 0.5) is 5.69 Å². The van der Waals surface area contributed by atoms with E-state index in [-0.39, 0.29) is 11.7 Å². The summed E-state index contributed by atoms with van der Waals surface area (Å²) in [7, 11) is -3.33. The summed E-state index contributed by atoms with van der Waals surface area (Å²) in [6.45, 7) is 10.6. The lowest BCUT2D eigenvalue weighted by atomic mass is 9.88. The molecule has 2 aromatic rings. The van der Waals surface area contributed by atoms with Crippen molar-refractivity contribution in [1.29, 1.82) is 0 Å². The molecule has 1 atom stereocenters. The fraction of sp³-hybridized carbons (Fsp3) is 0.619. The average Bonchev–Trinajstić information content (AvgIpc) is 3.02. The number of hydrogen-bond acceptors (Lipinski definition) is 4. The number of nitrogens with zero attached hydrogens (tertiary/aromatic N) is 1. The summed E-state index contributed by atoms with van der Waals surface area (Å²) in [5.41, 5.74) is 2.64. The number of nitrogens with one attached hydrogen (secondary N) is 1. The molecular formula is C21H32N2O3S. The highest BCUT2D eigenvalue weighted by Crippen LogP contribution is 2.36. The molecule has 1 fully saturated rings. The van der Waals surface area contributed by atoms with E-state index in [4.69, 9.17) is 4.42 Å². The second-order valence-corrected chi connectivity index (χ2v) is 10.0. The molecule has 6 heteroatoms. The highest BCUT2D eigenvalue weighted by molar-refractivity contribution is 7.92. The number of hydrogen-bond donors (Lipinski definition) is 1. The minimum Gasteiger partial charge on any atom is -0.464 e. The fourth-order valence-corrected chi connectivity index (χ4v) is 5.44. The highest BCUT2D eigenvalue weighted by Gasteiger charge is 2.25. The van der Waals surface area contributed by atoms with Crippen LogP contribution >= 0.6 is 0 Å². The van der Waals surface area contributed by atoms with Crippen LogP contribution in [0.2, 0.25) is 0 Å². The molecular weight excluding hydrogens is 360 g/mol. The minimum atomic E-state index is -3.33. The summed E-state index contributed by atoms with van der Waals surface area (Å²) in [6.07, 6.45) is 5.27. The Kier molecular flexibility index (Phi) is 6.16. The van der Waals surface area contributed by atoms with Gasteiger partial charge in [0.05, 0.1) is 12.0 Å². The Morgan fingerprint density at radius 1 is 1.22 bits per heavy atom. The molecule has 0 aliphatic carbocycles. The first kappa shape index (κ1) is 20.2. The number of furan rings is 1. The maximum absolute atomic E-state index is 12.3. The first-order chi connectivity index (χ1) is 12.8. The quantitative estimate of drug-likeness (QED) is 0.734. The monoisotopic (exact) mass is 392 g/mol. The van der Waals surface area contributed by atoms with E-state index in [1.165, 1.54) is 12.0 Å². The largest absolute Gasteiger partial charge is 0.464 e. The molecule has 27 heavy (non-hydrogen) atoms. The third kappa shape index (κ3) is 4.85. The second-order valence-electron chi connectivity index (χ2n) is 8.25. The zero-order valence-electron chi connectivity index (χ0n) is 16.9. The van der Waals surface area contributed by atoms with Crippen LogP contribution < -0.4 is 4.72 Å². The maximum Gasteiger partial charge on any atom is 0.232 e. The number of anilines is 1. The van der Waals surface area contributed by atoms with Crippen LogP contribution in [0.25, 0.3) is 11.0 Å². The van der Waals surface area contributed by atoms with Gasteiger partial charge in [-0.25, -0.2) is 8.42 Å². The van der Waals surface area contributed by atoms with Gasteiger partial charge in [0, 0.05) is 22.7 Å². The first-order valence-electron chi connectivity index (χ1n) is 10.0. The minimum absolute atomic E-state index is 0.0893. The van der Waals surface area contributed by atoms with Crippen molar-refractivity contribution in [2.75, 3.05) is 23.6 Å². The van der Waals surface area contributed by atoms with Gasteiger partial charge in [-0.2, -0.15) is 0 Å². The van der Waals surface area contributed by atoms with Crippen molar-refractivity contribution < 1.29 is 12.8 Å². The molecule has 1 aromatic heterocycles. The van der Waals surface area contributed by atoms with Gasteiger partial charge in [0.15, 0.2) is 0 Å². The number of sulfonamides is 1. The third-order valence-electron chi connectivity index (χ3n) is 5.61. The molecule has 0 spiro atoms. The van der Waals surface area contributed by atoms with Gasteiger partial charge in [-0.05, 0) is 69.3 Å². The molecule has 0 amide bonds. The van der Waals surface area contributed by atoms with Gasteiger partial charge in [-0.1, -0.05) is 20.8 Å². The van der Waals surface area contributed by atoms with Gasteiger partial charge in [-0.3, -0.25) is 4.72 Å². The summed E-state index contributed by atoms with van der Waals surface area (Å²) in [5.74, 6) is 0.678. The van der Waals surface area contributed by atoms with Crippen LogP contribution in [-0.2, 0) is 10.0 Å². The van der Waals surface area contributed by atoms with Gasteiger partial charge in [0.2, 0.25) is 10.0 Å². The van der Waals surface area contributed by atoms with E-state index in [1.54, 1.807) is 6.07 Å². The van der Waals surface area contributed by atoms with Crippen molar-refractivity contribution in [3.8, 4) is 0 Å².